The number of nitrogens with one attached hydrogen (secondary N) is 1. The lowest BCUT2D eigenvalue weighted by Crippen LogP contribution is -2.23. The molecule has 1 aromatic carbocycles. The number of hydrogen-bond donors (Lipinski definition) is 2. The van der Waals surface area contributed by atoms with Crippen molar-refractivity contribution in [1.82, 2.24) is 5.32 Å². The Morgan fingerprint density at radius 3 is 2.82 bits per heavy atom. The summed E-state index contributed by atoms with van der Waals surface area (Å²) in [5, 5.41) is 3.61. The van der Waals surface area contributed by atoms with Crippen LogP contribution in [-0.2, 0) is 0 Å². The summed E-state index contributed by atoms with van der Waals surface area (Å²) in [7, 11) is 0. The van der Waals surface area contributed by atoms with Gasteiger partial charge in [-0.2, -0.15) is 0 Å². The predicted molar refractivity (Wildman–Crippen MR) is 72.8 cm³/mol. The van der Waals surface area contributed by atoms with Crippen molar-refractivity contribution >= 4 is 0 Å². The van der Waals surface area contributed by atoms with Crippen molar-refractivity contribution in [3.8, 4) is 0 Å². The third-order valence-corrected chi connectivity index (χ3v) is 3.67. The predicted octanol–water partition coefficient (Wildman–Crippen LogP) is 2.85. The van der Waals surface area contributed by atoms with Crippen LogP contribution in [0.2, 0.25) is 0 Å². The van der Waals surface area contributed by atoms with E-state index in [0.29, 0.717) is 0 Å². The number of rotatable bonds is 7. The van der Waals surface area contributed by atoms with Crippen molar-refractivity contribution in [3.63, 3.8) is 0 Å². The highest BCUT2D eigenvalue weighted by Crippen LogP contribution is 2.34. The molecule has 0 saturated heterocycles. The molecule has 0 heterocycles. The lowest BCUT2D eigenvalue weighted by Gasteiger charge is -2.12. The van der Waals surface area contributed by atoms with Crippen LogP contribution in [-0.4, -0.2) is 12.6 Å². The van der Waals surface area contributed by atoms with E-state index in [4.69, 9.17) is 5.73 Å². The maximum Gasteiger partial charge on any atom is 0.0306 e. The Labute approximate surface area is 105 Å². The molecule has 1 aliphatic rings. The van der Waals surface area contributed by atoms with E-state index >= 15 is 0 Å². The topological polar surface area (TPSA) is 38.0 Å². The van der Waals surface area contributed by atoms with Gasteiger partial charge in [0.1, 0.15) is 0 Å². The second kappa shape index (κ2) is 6.18. The van der Waals surface area contributed by atoms with Crippen molar-refractivity contribution in [2.75, 3.05) is 6.54 Å². The Balaban J connectivity index is 1.63. The van der Waals surface area contributed by atoms with E-state index in [1.165, 1.54) is 24.8 Å². The van der Waals surface area contributed by atoms with E-state index in [1.54, 1.807) is 0 Å². The Kier molecular flexibility index (Phi) is 4.57. The average Bonchev–Trinajstić information content (AvgIpc) is 3.09. The monoisotopic (exact) mass is 232 g/mol. The second-order valence-corrected chi connectivity index (χ2v) is 5.15. The molecule has 1 saturated carbocycles. The van der Waals surface area contributed by atoms with E-state index in [2.05, 4.69) is 36.5 Å². The van der Waals surface area contributed by atoms with Gasteiger partial charge < -0.3 is 11.1 Å². The van der Waals surface area contributed by atoms with E-state index in [-0.39, 0.29) is 6.04 Å². The SMILES string of the molecule is CCCC1CC1NCCC(N)c1ccccc1. The van der Waals surface area contributed by atoms with Crippen molar-refractivity contribution in [3.05, 3.63) is 35.9 Å². The van der Waals surface area contributed by atoms with Crippen molar-refractivity contribution in [1.29, 1.82) is 0 Å². The lowest BCUT2D eigenvalue weighted by molar-refractivity contribution is 0.548. The summed E-state index contributed by atoms with van der Waals surface area (Å²) in [5.41, 5.74) is 7.40. The van der Waals surface area contributed by atoms with E-state index in [0.717, 1.165) is 24.9 Å². The molecule has 17 heavy (non-hydrogen) atoms. The van der Waals surface area contributed by atoms with Gasteiger partial charge in [-0.3, -0.25) is 0 Å². The lowest BCUT2D eigenvalue weighted by atomic mass is 10.1. The quantitative estimate of drug-likeness (QED) is 0.758. The molecule has 1 aromatic rings. The Morgan fingerprint density at radius 1 is 1.35 bits per heavy atom. The van der Waals surface area contributed by atoms with Gasteiger partial charge in [-0.05, 0) is 37.3 Å². The molecule has 0 bridgehead atoms. The van der Waals surface area contributed by atoms with Crippen LogP contribution in [0.3, 0.4) is 0 Å². The summed E-state index contributed by atoms with van der Waals surface area (Å²) in [5.74, 6) is 0.938. The zero-order chi connectivity index (χ0) is 12.1. The molecular formula is C15H24N2. The molecule has 2 nitrogen and oxygen atoms in total. The summed E-state index contributed by atoms with van der Waals surface area (Å²) in [6.07, 6.45) is 5.09. The Morgan fingerprint density at radius 2 is 2.12 bits per heavy atom. The number of nitrogens with two attached hydrogens (primary N) is 1. The zero-order valence-electron chi connectivity index (χ0n) is 10.7. The highest BCUT2D eigenvalue weighted by molar-refractivity contribution is 5.18. The molecule has 1 fully saturated rings. The van der Waals surface area contributed by atoms with Gasteiger partial charge in [0.05, 0.1) is 0 Å². The van der Waals surface area contributed by atoms with Gasteiger partial charge in [0.15, 0.2) is 0 Å². The van der Waals surface area contributed by atoms with Gasteiger partial charge in [-0.15, -0.1) is 0 Å². The molecule has 3 N–H and O–H groups in total. The van der Waals surface area contributed by atoms with Crippen molar-refractivity contribution in [2.45, 2.75) is 44.7 Å². The second-order valence-electron chi connectivity index (χ2n) is 5.15. The molecule has 0 spiro atoms. The van der Waals surface area contributed by atoms with Gasteiger partial charge in [-0.1, -0.05) is 43.7 Å². The molecule has 0 radical (unpaired) electrons. The first kappa shape index (κ1) is 12.6. The standard InChI is InChI=1S/C15H24N2/c1-2-6-13-11-15(13)17-10-9-14(16)12-7-4-3-5-8-12/h3-5,7-8,13-15,17H,2,6,9-11,16H2,1H3. The fourth-order valence-electron chi connectivity index (χ4n) is 2.48. The maximum atomic E-state index is 6.15. The summed E-state index contributed by atoms with van der Waals surface area (Å²) >= 11 is 0. The van der Waals surface area contributed by atoms with E-state index in [1.807, 2.05) is 6.07 Å². The van der Waals surface area contributed by atoms with Crippen LogP contribution in [0.4, 0.5) is 0 Å². The van der Waals surface area contributed by atoms with Crippen LogP contribution in [0.15, 0.2) is 30.3 Å². The fourth-order valence-corrected chi connectivity index (χ4v) is 2.48. The average molecular weight is 232 g/mol. The van der Waals surface area contributed by atoms with E-state index < -0.39 is 0 Å². The van der Waals surface area contributed by atoms with Gasteiger partial charge in [0.2, 0.25) is 0 Å². The van der Waals surface area contributed by atoms with Crippen molar-refractivity contribution < 1.29 is 0 Å². The molecule has 94 valence electrons. The molecule has 2 rings (SSSR count). The van der Waals surface area contributed by atoms with Gasteiger partial charge in [0.25, 0.3) is 0 Å². The zero-order valence-corrected chi connectivity index (χ0v) is 10.7. The van der Waals surface area contributed by atoms with Crippen LogP contribution >= 0.6 is 0 Å². The normalized spacial score (nSPS) is 24.6. The molecule has 3 unspecified atom stereocenters. The van der Waals surface area contributed by atoms with Crippen LogP contribution in [0.5, 0.6) is 0 Å². The highest BCUT2D eigenvalue weighted by Gasteiger charge is 2.35. The Hall–Kier alpha value is -0.860. The number of benzene rings is 1. The first-order valence-corrected chi connectivity index (χ1v) is 6.85. The first-order valence-electron chi connectivity index (χ1n) is 6.85. The highest BCUT2D eigenvalue weighted by atomic mass is 15.0. The third kappa shape index (κ3) is 3.83. The van der Waals surface area contributed by atoms with Crippen molar-refractivity contribution in [2.24, 2.45) is 11.7 Å². The van der Waals surface area contributed by atoms with Crippen LogP contribution in [0.1, 0.15) is 44.2 Å². The first-order chi connectivity index (χ1) is 8.31. The summed E-state index contributed by atoms with van der Waals surface area (Å²) in [6.45, 7) is 3.31. The molecule has 2 heteroatoms. The Bertz CT molecular complexity index is 323. The molecule has 1 aliphatic carbocycles. The smallest absolute Gasteiger partial charge is 0.0306 e. The number of hydrogen-bond acceptors (Lipinski definition) is 2. The summed E-state index contributed by atoms with van der Waals surface area (Å²) < 4.78 is 0. The molecule has 0 amide bonds. The van der Waals surface area contributed by atoms with Crippen LogP contribution in [0, 0.1) is 5.92 Å². The minimum atomic E-state index is 0.173. The molecule has 0 aliphatic heterocycles. The van der Waals surface area contributed by atoms with Crippen LogP contribution in [0.25, 0.3) is 0 Å². The summed E-state index contributed by atoms with van der Waals surface area (Å²) in [4.78, 5) is 0. The minimum absolute atomic E-state index is 0.173. The fraction of sp³-hybridized carbons (Fsp3) is 0.600. The minimum Gasteiger partial charge on any atom is -0.324 e. The van der Waals surface area contributed by atoms with Gasteiger partial charge >= 0.3 is 0 Å². The largest absolute Gasteiger partial charge is 0.324 e. The molecule has 0 aromatic heterocycles. The molecular weight excluding hydrogens is 208 g/mol. The van der Waals surface area contributed by atoms with Gasteiger partial charge in [-0.25, -0.2) is 0 Å². The van der Waals surface area contributed by atoms with Crippen LogP contribution < -0.4 is 11.1 Å². The van der Waals surface area contributed by atoms with Gasteiger partial charge in [0, 0.05) is 12.1 Å². The third-order valence-electron chi connectivity index (χ3n) is 3.67. The summed E-state index contributed by atoms with van der Waals surface area (Å²) in [6, 6.07) is 11.3. The maximum absolute atomic E-state index is 6.15. The molecule has 3 atom stereocenters. The van der Waals surface area contributed by atoms with E-state index in [9.17, 15) is 0 Å².